The summed E-state index contributed by atoms with van der Waals surface area (Å²) < 4.78 is 10.6. The molecule has 152 valence electrons. The number of carbonyl (C=O) groups is 1. The first-order chi connectivity index (χ1) is 14.1. The molecule has 0 unspecified atom stereocenters. The molecule has 5 nitrogen and oxygen atoms in total. The van der Waals surface area contributed by atoms with Gasteiger partial charge in [0.1, 0.15) is 0 Å². The predicted molar refractivity (Wildman–Crippen MR) is 115 cm³/mol. The zero-order valence-electron chi connectivity index (χ0n) is 15.9. The first-order valence-electron chi connectivity index (χ1n) is 9.61. The number of hydrogen-bond donors (Lipinski definition) is 1. The molecule has 1 N–H and O–H groups in total. The summed E-state index contributed by atoms with van der Waals surface area (Å²) in [5.74, 6) is 1.05. The monoisotopic (exact) mass is 432 g/mol. The molecule has 1 amide bonds. The van der Waals surface area contributed by atoms with Crippen molar-refractivity contribution in [3.05, 3.63) is 63.6 Å². The molecular weight excluding hydrogens is 411 g/mol. The zero-order chi connectivity index (χ0) is 20.2. The molecule has 29 heavy (non-hydrogen) atoms. The predicted octanol–water partition coefficient (Wildman–Crippen LogP) is 4.52. The molecule has 2 heterocycles. The summed E-state index contributed by atoms with van der Waals surface area (Å²) in [4.78, 5) is 14.7. The lowest BCUT2D eigenvalue weighted by atomic mass is 10.0. The molecule has 0 radical (unpaired) electrons. The average Bonchev–Trinajstić information content (AvgIpc) is 3.19. The Labute approximate surface area is 180 Å². The molecular formula is C22H22Cl2N2O3. The number of ether oxygens (including phenoxy) is 2. The first-order valence-corrected chi connectivity index (χ1v) is 10.4. The minimum absolute atomic E-state index is 0.102. The van der Waals surface area contributed by atoms with Gasteiger partial charge in [-0.25, -0.2) is 0 Å². The van der Waals surface area contributed by atoms with Gasteiger partial charge in [-0.05, 0) is 54.3 Å². The maximum absolute atomic E-state index is 12.3. The lowest BCUT2D eigenvalue weighted by Gasteiger charge is -2.32. The van der Waals surface area contributed by atoms with Crippen LogP contribution in [0.15, 0.2) is 42.5 Å². The van der Waals surface area contributed by atoms with E-state index < -0.39 is 0 Å². The highest BCUT2D eigenvalue weighted by Gasteiger charge is 2.20. The van der Waals surface area contributed by atoms with Crippen LogP contribution in [0.25, 0.3) is 6.08 Å². The number of likely N-dealkylation sites (tertiary alicyclic amines) is 1. The van der Waals surface area contributed by atoms with Crippen molar-refractivity contribution in [1.29, 1.82) is 0 Å². The summed E-state index contributed by atoms with van der Waals surface area (Å²) >= 11 is 12.1. The summed E-state index contributed by atoms with van der Waals surface area (Å²) in [7, 11) is 0. The second-order valence-electron chi connectivity index (χ2n) is 7.26. The maximum Gasteiger partial charge on any atom is 0.244 e. The molecule has 0 saturated carbocycles. The van der Waals surface area contributed by atoms with Gasteiger partial charge >= 0.3 is 0 Å². The lowest BCUT2D eigenvalue weighted by Crippen LogP contribution is -2.43. The van der Waals surface area contributed by atoms with E-state index >= 15 is 0 Å². The van der Waals surface area contributed by atoms with Crippen LogP contribution in [0.2, 0.25) is 10.0 Å². The molecule has 7 heteroatoms. The largest absolute Gasteiger partial charge is 0.454 e. The molecule has 2 aliphatic rings. The van der Waals surface area contributed by atoms with Crippen LogP contribution in [0.1, 0.15) is 24.0 Å². The topological polar surface area (TPSA) is 50.8 Å². The molecule has 2 aromatic carbocycles. The molecule has 1 saturated heterocycles. The fraction of sp³-hybridized carbons (Fsp3) is 0.318. The first kappa shape index (κ1) is 20.1. The number of hydrogen-bond acceptors (Lipinski definition) is 4. The van der Waals surface area contributed by atoms with Crippen molar-refractivity contribution >= 4 is 35.2 Å². The number of benzene rings is 2. The van der Waals surface area contributed by atoms with Crippen molar-refractivity contribution in [3.8, 4) is 11.5 Å². The number of fused-ring (bicyclic) bond motifs is 1. The maximum atomic E-state index is 12.3. The minimum Gasteiger partial charge on any atom is -0.454 e. The van der Waals surface area contributed by atoms with Crippen molar-refractivity contribution in [2.75, 3.05) is 19.9 Å². The van der Waals surface area contributed by atoms with Crippen LogP contribution in [0.4, 0.5) is 0 Å². The molecule has 0 spiro atoms. The fourth-order valence-electron chi connectivity index (χ4n) is 3.59. The Bertz CT molecular complexity index is 907. The molecule has 4 rings (SSSR count). The third-order valence-corrected chi connectivity index (χ3v) is 5.66. The number of carbonyl (C=O) groups excluding carboxylic acids is 1. The van der Waals surface area contributed by atoms with E-state index in [4.69, 9.17) is 32.7 Å². The van der Waals surface area contributed by atoms with Crippen LogP contribution in [0, 0.1) is 0 Å². The Kier molecular flexibility index (Phi) is 6.28. The van der Waals surface area contributed by atoms with Gasteiger partial charge in [-0.3, -0.25) is 9.69 Å². The van der Waals surface area contributed by atoms with Gasteiger partial charge < -0.3 is 14.8 Å². The number of nitrogens with zero attached hydrogens (tertiary/aromatic N) is 1. The van der Waals surface area contributed by atoms with E-state index in [2.05, 4.69) is 22.3 Å². The quantitative estimate of drug-likeness (QED) is 0.705. The third-order valence-electron chi connectivity index (χ3n) is 5.13. The van der Waals surface area contributed by atoms with Crippen molar-refractivity contribution < 1.29 is 14.3 Å². The number of nitrogens with one attached hydrogen (secondary N) is 1. The molecule has 0 aromatic heterocycles. The van der Waals surface area contributed by atoms with Crippen LogP contribution >= 0.6 is 23.2 Å². The van der Waals surface area contributed by atoms with Crippen LogP contribution in [-0.2, 0) is 11.3 Å². The van der Waals surface area contributed by atoms with Gasteiger partial charge in [-0.2, -0.15) is 0 Å². The summed E-state index contributed by atoms with van der Waals surface area (Å²) in [5.41, 5.74) is 2.05. The van der Waals surface area contributed by atoms with Gasteiger partial charge in [0, 0.05) is 36.8 Å². The molecule has 2 aliphatic heterocycles. The zero-order valence-corrected chi connectivity index (χ0v) is 17.4. The van der Waals surface area contributed by atoms with Gasteiger partial charge in [0.25, 0.3) is 0 Å². The summed E-state index contributed by atoms with van der Waals surface area (Å²) in [6, 6.07) is 11.7. The van der Waals surface area contributed by atoms with Crippen LogP contribution in [-0.4, -0.2) is 36.7 Å². The van der Waals surface area contributed by atoms with Crippen LogP contribution < -0.4 is 14.8 Å². The fourth-order valence-corrected chi connectivity index (χ4v) is 3.99. The summed E-state index contributed by atoms with van der Waals surface area (Å²) in [6.45, 7) is 2.98. The highest BCUT2D eigenvalue weighted by atomic mass is 35.5. The number of rotatable bonds is 5. The smallest absolute Gasteiger partial charge is 0.244 e. The second kappa shape index (κ2) is 9.08. The van der Waals surface area contributed by atoms with Crippen LogP contribution in [0.5, 0.6) is 11.5 Å². The third kappa shape index (κ3) is 5.24. The SMILES string of the molecule is O=C(/C=C/c1cc(Cl)c2c(c1)OCO2)NC1CCN(Cc2ccc(Cl)cc2)CC1. The van der Waals surface area contributed by atoms with Gasteiger partial charge in [0.05, 0.1) is 5.02 Å². The highest BCUT2D eigenvalue weighted by molar-refractivity contribution is 6.32. The number of piperidine rings is 1. The molecule has 2 aromatic rings. The lowest BCUT2D eigenvalue weighted by molar-refractivity contribution is -0.117. The molecule has 0 bridgehead atoms. The van der Waals surface area contributed by atoms with Gasteiger partial charge in [-0.15, -0.1) is 0 Å². The molecule has 0 atom stereocenters. The van der Waals surface area contributed by atoms with E-state index in [9.17, 15) is 4.79 Å². The van der Waals surface area contributed by atoms with Crippen molar-refractivity contribution in [1.82, 2.24) is 10.2 Å². The standard InChI is InChI=1S/C22H22Cl2N2O3/c23-17-4-1-15(2-5-17)13-26-9-7-18(8-10-26)25-21(27)6-3-16-11-19(24)22-20(12-16)28-14-29-22/h1-6,11-12,18H,7-10,13-14H2,(H,25,27)/b6-3+. The van der Waals surface area contributed by atoms with Gasteiger partial charge in [0.15, 0.2) is 11.5 Å². The van der Waals surface area contributed by atoms with E-state index in [1.165, 1.54) is 11.6 Å². The summed E-state index contributed by atoms with van der Waals surface area (Å²) in [6.07, 6.45) is 5.14. The Morgan fingerprint density at radius 3 is 2.66 bits per heavy atom. The number of amides is 1. The van der Waals surface area contributed by atoms with E-state index in [0.29, 0.717) is 16.5 Å². The van der Waals surface area contributed by atoms with E-state index in [1.807, 2.05) is 18.2 Å². The van der Waals surface area contributed by atoms with Gasteiger partial charge in [0.2, 0.25) is 12.7 Å². The van der Waals surface area contributed by atoms with Crippen LogP contribution in [0.3, 0.4) is 0 Å². The Morgan fingerprint density at radius 2 is 1.90 bits per heavy atom. The second-order valence-corrected chi connectivity index (χ2v) is 8.10. The van der Waals surface area contributed by atoms with E-state index in [-0.39, 0.29) is 18.7 Å². The normalized spacial score (nSPS) is 17.0. The van der Waals surface area contributed by atoms with Gasteiger partial charge in [-0.1, -0.05) is 35.3 Å². The molecule has 1 fully saturated rings. The minimum atomic E-state index is -0.102. The average molecular weight is 433 g/mol. The van der Waals surface area contributed by atoms with E-state index in [1.54, 1.807) is 12.1 Å². The Hall–Kier alpha value is -2.21. The van der Waals surface area contributed by atoms with E-state index in [0.717, 1.165) is 43.1 Å². The van der Waals surface area contributed by atoms with Crippen molar-refractivity contribution in [2.45, 2.75) is 25.4 Å². The summed E-state index contributed by atoms with van der Waals surface area (Å²) in [5, 5.41) is 4.32. The Morgan fingerprint density at radius 1 is 1.14 bits per heavy atom. The number of halogens is 2. The Balaban J connectivity index is 1.25. The highest BCUT2D eigenvalue weighted by Crippen LogP contribution is 2.40. The van der Waals surface area contributed by atoms with Crippen molar-refractivity contribution in [2.24, 2.45) is 0 Å². The van der Waals surface area contributed by atoms with Crippen molar-refractivity contribution in [3.63, 3.8) is 0 Å². The molecule has 0 aliphatic carbocycles.